The average Bonchev–Trinajstić information content (AvgIpc) is 3.05. The van der Waals surface area contributed by atoms with Gasteiger partial charge in [-0.15, -0.1) is 0 Å². The lowest BCUT2D eigenvalue weighted by atomic mass is 10.1. The smallest absolute Gasteiger partial charge is 0.222 e. The Hall–Kier alpha value is -2.21. The highest BCUT2D eigenvalue weighted by Crippen LogP contribution is 2.18. The molecule has 1 amide bonds. The van der Waals surface area contributed by atoms with E-state index in [1.54, 1.807) is 16.8 Å². The van der Waals surface area contributed by atoms with Crippen LogP contribution in [0.25, 0.3) is 0 Å². The molecule has 6 heteroatoms. The summed E-state index contributed by atoms with van der Waals surface area (Å²) in [6.45, 7) is 1.68. The molecule has 0 spiro atoms. The lowest BCUT2D eigenvalue weighted by Crippen LogP contribution is -2.41. The van der Waals surface area contributed by atoms with E-state index in [4.69, 9.17) is 4.74 Å². The van der Waals surface area contributed by atoms with Crippen LogP contribution in [0.2, 0.25) is 0 Å². The lowest BCUT2D eigenvalue weighted by molar-refractivity contribution is -0.134. The van der Waals surface area contributed by atoms with Crippen LogP contribution in [0.3, 0.4) is 0 Å². The van der Waals surface area contributed by atoms with Crippen molar-refractivity contribution in [3.63, 3.8) is 0 Å². The first-order chi connectivity index (χ1) is 12.1. The van der Waals surface area contributed by atoms with Gasteiger partial charge in [0.25, 0.3) is 0 Å². The summed E-state index contributed by atoms with van der Waals surface area (Å²) in [5.74, 6) is -0.0668. The maximum Gasteiger partial charge on any atom is 0.222 e. The Bertz CT molecular complexity index is 708. The normalized spacial score (nSPS) is 15.5. The van der Waals surface area contributed by atoms with Crippen molar-refractivity contribution >= 4 is 5.91 Å². The molecule has 1 aliphatic rings. The van der Waals surface area contributed by atoms with E-state index in [2.05, 4.69) is 5.10 Å². The van der Waals surface area contributed by atoms with Crippen LogP contribution in [0, 0.1) is 5.82 Å². The van der Waals surface area contributed by atoms with Crippen LogP contribution in [-0.4, -0.2) is 39.8 Å². The zero-order chi connectivity index (χ0) is 17.6. The monoisotopic (exact) mass is 345 g/mol. The fourth-order valence-electron chi connectivity index (χ4n) is 3.08. The minimum Gasteiger partial charge on any atom is -0.373 e. The molecular weight excluding hydrogens is 321 g/mol. The number of rotatable bonds is 6. The van der Waals surface area contributed by atoms with E-state index < -0.39 is 0 Å². The standard InChI is InChI=1S/C19H24FN3O2/c1-22-11-8-16(21-22)6-7-19(24)23-12-9-17(10-13-23)25-14-15-4-2-3-5-18(15)20/h2-5,8,11,17H,6-7,9-10,12-14H2,1H3. The molecule has 25 heavy (non-hydrogen) atoms. The van der Waals surface area contributed by atoms with E-state index in [-0.39, 0.29) is 24.4 Å². The predicted molar refractivity (Wildman–Crippen MR) is 92.3 cm³/mol. The highest BCUT2D eigenvalue weighted by Gasteiger charge is 2.23. The SMILES string of the molecule is Cn1ccc(CCC(=O)N2CCC(OCc3ccccc3F)CC2)n1. The molecule has 5 nitrogen and oxygen atoms in total. The number of hydrogen-bond acceptors (Lipinski definition) is 3. The summed E-state index contributed by atoms with van der Waals surface area (Å²) >= 11 is 0. The third kappa shape index (κ3) is 4.89. The number of carbonyl (C=O) groups excluding carboxylic acids is 1. The van der Waals surface area contributed by atoms with Crippen LogP contribution in [0.5, 0.6) is 0 Å². The number of benzene rings is 1. The minimum absolute atomic E-state index is 0.0828. The molecule has 0 saturated carbocycles. The van der Waals surface area contributed by atoms with Crippen LogP contribution >= 0.6 is 0 Å². The second-order valence-electron chi connectivity index (χ2n) is 6.46. The maximum atomic E-state index is 13.6. The van der Waals surface area contributed by atoms with E-state index in [0.29, 0.717) is 31.5 Å². The number of carbonyl (C=O) groups is 1. The van der Waals surface area contributed by atoms with Gasteiger partial charge in [-0.05, 0) is 25.0 Å². The van der Waals surface area contributed by atoms with E-state index in [9.17, 15) is 9.18 Å². The summed E-state index contributed by atoms with van der Waals surface area (Å²) < 4.78 is 21.2. The van der Waals surface area contributed by atoms with Gasteiger partial charge in [-0.25, -0.2) is 4.39 Å². The van der Waals surface area contributed by atoms with Crippen molar-refractivity contribution in [3.8, 4) is 0 Å². The molecule has 1 saturated heterocycles. The molecule has 0 aliphatic carbocycles. The van der Waals surface area contributed by atoms with E-state index in [1.165, 1.54) is 6.07 Å². The Balaban J connectivity index is 1.39. The highest BCUT2D eigenvalue weighted by molar-refractivity contribution is 5.76. The van der Waals surface area contributed by atoms with Crippen molar-refractivity contribution in [1.82, 2.24) is 14.7 Å². The van der Waals surface area contributed by atoms with Gasteiger partial charge < -0.3 is 9.64 Å². The molecule has 2 aromatic rings. The number of aryl methyl sites for hydroxylation is 2. The topological polar surface area (TPSA) is 47.4 Å². The first-order valence-electron chi connectivity index (χ1n) is 8.73. The van der Waals surface area contributed by atoms with Gasteiger partial charge in [0.2, 0.25) is 5.91 Å². The molecule has 0 unspecified atom stereocenters. The third-order valence-corrected chi connectivity index (χ3v) is 4.59. The fourth-order valence-corrected chi connectivity index (χ4v) is 3.08. The molecule has 2 heterocycles. The largest absolute Gasteiger partial charge is 0.373 e. The van der Waals surface area contributed by atoms with E-state index in [0.717, 1.165) is 18.5 Å². The van der Waals surface area contributed by atoms with Crippen LogP contribution in [0.4, 0.5) is 4.39 Å². The number of halogens is 1. The number of nitrogens with zero attached hydrogens (tertiary/aromatic N) is 3. The van der Waals surface area contributed by atoms with Gasteiger partial charge >= 0.3 is 0 Å². The second kappa shape index (κ2) is 8.25. The van der Waals surface area contributed by atoms with Crippen molar-refractivity contribution < 1.29 is 13.9 Å². The van der Waals surface area contributed by atoms with Gasteiger partial charge in [0.15, 0.2) is 0 Å². The molecule has 1 aromatic heterocycles. The minimum atomic E-state index is -0.232. The Morgan fingerprint density at radius 3 is 2.72 bits per heavy atom. The first-order valence-corrected chi connectivity index (χ1v) is 8.73. The van der Waals surface area contributed by atoms with Crippen LogP contribution in [0.1, 0.15) is 30.5 Å². The van der Waals surface area contributed by atoms with Gasteiger partial charge in [0.1, 0.15) is 5.82 Å². The van der Waals surface area contributed by atoms with E-state index in [1.807, 2.05) is 30.3 Å². The van der Waals surface area contributed by atoms with Crippen molar-refractivity contribution in [1.29, 1.82) is 0 Å². The molecule has 0 bridgehead atoms. The Morgan fingerprint density at radius 2 is 2.04 bits per heavy atom. The average molecular weight is 345 g/mol. The quantitative estimate of drug-likeness (QED) is 0.809. The number of hydrogen-bond donors (Lipinski definition) is 0. The number of aromatic nitrogens is 2. The Kier molecular flexibility index (Phi) is 5.81. The van der Waals surface area contributed by atoms with Gasteiger partial charge in [-0.2, -0.15) is 5.10 Å². The van der Waals surface area contributed by atoms with Crippen LogP contribution in [0.15, 0.2) is 36.5 Å². The fraction of sp³-hybridized carbons (Fsp3) is 0.474. The molecule has 0 atom stereocenters. The summed E-state index contributed by atoms with van der Waals surface area (Å²) in [5, 5.41) is 4.30. The summed E-state index contributed by atoms with van der Waals surface area (Å²) in [6, 6.07) is 8.61. The summed E-state index contributed by atoms with van der Waals surface area (Å²) in [4.78, 5) is 14.2. The molecular formula is C19H24FN3O2. The van der Waals surface area contributed by atoms with Gasteiger partial charge in [-0.3, -0.25) is 9.48 Å². The summed E-state index contributed by atoms with van der Waals surface area (Å²) in [5.41, 5.74) is 1.52. The van der Waals surface area contributed by atoms with Gasteiger partial charge in [-0.1, -0.05) is 18.2 Å². The second-order valence-corrected chi connectivity index (χ2v) is 6.46. The molecule has 1 fully saturated rings. The maximum absolute atomic E-state index is 13.6. The van der Waals surface area contributed by atoms with Crippen LogP contribution < -0.4 is 0 Å². The molecule has 3 rings (SSSR count). The van der Waals surface area contributed by atoms with Crippen LogP contribution in [-0.2, 0) is 29.6 Å². The van der Waals surface area contributed by atoms with Gasteiger partial charge in [0.05, 0.1) is 18.4 Å². The molecule has 0 radical (unpaired) electrons. The molecule has 134 valence electrons. The Labute approximate surface area is 147 Å². The molecule has 1 aliphatic heterocycles. The zero-order valence-electron chi connectivity index (χ0n) is 14.5. The van der Waals surface area contributed by atoms with Gasteiger partial charge in [0, 0.05) is 44.7 Å². The molecule has 1 aromatic carbocycles. The highest BCUT2D eigenvalue weighted by atomic mass is 19.1. The summed E-state index contributed by atoms with van der Waals surface area (Å²) in [7, 11) is 1.87. The zero-order valence-corrected chi connectivity index (χ0v) is 14.5. The number of likely N-dealkylation sites (tertiary alicyclic amines) is 1. The van der Waals surface area contributed by atoms with Crippen molar-refractivity contribution in [2.45, 2.75) is 38.4 Å². The van der Waals surface area contributed by atoms with Crippen molar-refractivity contribution in [3.05, 3.63) is 53.6 Å². The van der Waals surface area contributed by atoms with Crippen molar-refractivity contribution in [2.24, 2.45) is 7.05 Å². The third-order valence-electron chi connectivity index (χ3n) is 4.59. The lowest BCUT2D eigenvalue weighted by Gasteiger charge is -2.32. The number of piperidine rings is 1. The summed E-state index contributed by atoms with van der Waals surface area (Å²) in [6.07, 6.45) is 4.71. The van der Waals surface area contributed by atoms with E-state index >= 15 is 0 Å². The first kappa shape index (κ1) is 17.6. The molecule has 0 N–H and O–H groups in total. The Morgan fingerprint density at radius 1 is 1.28 bits per heavy atom. The number of ether oxygens (including phenoxy) is 1. The predicted octanol–water partition coefficient (Wildman–Crippen LogP) is 2.70. The number of amides is 1. The van der Waals surface area contributed by atoms with Crippen molar-refractivity contribution in [2.75, 3.05) is 13.1 Å².